The summed E-state index contributed by atoms with van der Waals surface area (Å²) in [5, 5.41) is 7.75. The normalized spacial score (nSPS) is 26.1. The highest BCUT2D eigenvalue weighted by atomic mass is 32.1. The first kappa shape index (κ1) is 17.4. The highest BCUT2D eigenvalue weighted by Gasteiger charge is 2.44. The minimum absolute atomic E-state index is 0.0233. The summed E-state index contributed by atoms with van der Waals surface area (Å²) in [6.07, 6.45) is 4.07. The Labute approximate surface area is 157 Å². The Morgan fingerprint density at radius 3 is 3.15 bits per heavy atom. The molecule has 2 unspecified atom stereocenters. The van der Waals surface area contributed by atoms with Gasteiger partial charge in [0.2, 0.25) is 0 Å². The van der Waals surface area contributed by atoms with Crippen LogP contribution in [-0.4, -0.2) is 64.6 Å². The largest absolute Gasteiger partial charge is 0.467 e. The van der Waals surface area contributed by atoms with Gasteiger partial charge in [0.25, 0.3) is 0 Å². The third-order valence-electron chi connectivity index (χ3n) is 5.29. The fourth-order valence-corrected chi connectivity index (χ4v) is 4.54. The van der Waals surface area contributed by atoms with Crippen molar-refractivity contribution in [3.63, 3.8) is 0 Å². The molecule has 2 aromatic rings. The number of likely N-dealkylation sites (tertiary alicyclic amines) is 1. The molecule has 2 aliphatic heterocycles. The standard InChI is InChI=1S/C17H25N7OS/c1-4-6-24-7-5-11(2)17(10-24)9-19-14(23-17)22-16-20-12-8-18-15(25-3)21-13(12)26-16/h8,11H,4-7,9-10H2,1-3H3,(H2,19,20,22,23). The van der Waals surface area contributed by atoms with Crippen molar-refractivity contribution in [2.75, 3.05) is 38.6 Å². The second-order valence-electron chi connectivity index (χ2n) is 7.10. The minimum Gasteiger partial charge on any atom is -0.467 e. The lowest BCUT2D eigenvalue weighted by atomic mass is 9.80. The number of nitrogens with zero attached hydrogens (tertiary/aromatic N) is 5. The van der Waals surface area contributed by atoms with Crippen LogP contribution in [0.3, 0.4) is 0 Å². The van der Waals surface area contributed by atoms with Crippen molar-refractivity contribution >= 4 is 32.8 Å². The fraction of sp³-hybridized carbons (Fsp3) is 0.647. The lowest BCUT2D eigenvalue weighted by molar-refractivity contribution is 0.0982. The minimum atomic E-state index is 0.0233. The number of guanidine groups is 1. The maximum Gasteiger partial charge on any atom is 0.317 e. The molecule has 0 saturated carbocycles. The summed E-state index contributed by atoms with van der Waals surface area (Å²) in [6, 6.07) is 0.357. The van der Waals surface area contributed by atoms with E-state index in [9.17, 15) is 0 Å². The molecular formula is C17H25N7OS. The van der Waals surface area contributed by atoms with Crippen LogP contribution in [0, 0.1) is 5.92 Å². The lowest BCUT2D eigenvalue weighted by Crippen LogP contribution is -2.62. The second-order valence-corrected chi connectivity index (χ2v) is 8.08. The number of aromatic nitrogens is 3. The molecule has 26 heavy (non-hydrogen) atoms. The van der Waals surface area contributed by atoms with E-state index < -0.39 is 0 Å². The van der Waals surface area contributed by atoms with Gasteiger partial charge < -0.3 is 20.3 Å². The van der Waals surface area contributed by atoms with E-state index in [1.807, 2.05) is 0 Å². The number of thiazole rings is 1. The molecule has 1 spiro atoms. The number of ether oxygens (including phenoxy) is 1. The molecule has 2 atom stereocenters. The molecule has 4 rings (SSSR count). The highest BCUT2D eigenvalue weighted by molar-refractivity contribution is 7.21. The Morgan fingerprint density at radius 1 is 1.46 bits per heavy atom. The summed E-state index contributed by atoms with van der Waals surface area (Å²) in [7, 11) is 1.56. The molecular weight excluding hydrogens is 350 g/mol. The van der Waals surface area contributed by atoms with Crippen LogP contribution < -0.4 is 15.4 Å². The van der Waals surface area contributed by atoms with Gasteiger partial charge in [-0.05, 0) is 31.8 Å². The van der Waals surface area contributed by atoms with Crippen LogP contribution in [0.15, 0.2) is 11.2 Å². The maximum atomic E-state index is 5.08. The van der Waals surface area contributed by atoms with Crippen molar-refractivity contribution in [1.82, 2.24) is 25.2 Å². The van der Waals surface area contributed by atoms with Crippen molar-refractivity contribution in [2.45, 2.75) is 32.2 Å². The molecule has 2 aliphatic rings. The van der Waals surface area contributed by atoms with Crippen molar-refractivity contribution in [3.05, 3.63) is 6.20 Å². The Hall–Kier alpha value is -2.00. The Morgan fingerprint density at radius 2 is 2.35 bits per heavy atom. The zero-order chi connectivity index (χ0) is 18.1. The molecule has 1 saturated heterocycles. The topological polar surface area (TPSA) is 87.6 Å². The van der Waals surface area contributed by atoms with Gasteiger partial charge in [-0.3, -0.25) is 4.99 Å². The van der Waals surface area contributed by atoms with Crippen molar-refractivity contribution < 1.29 is 4.74 Å². The zero-order valence-electron chi connectivity index (χ0n) is 15.4. The van der Waals surface area contributed by atoms with Crippen LogP contribution in [0.5, 0.6) is 6.01 Å². The molecule has 140 valence electrons. The number of hydrogen-bond donors (Lipinski definition) is 2. The number of piperidine rings is 1. The van der Waals surface area contributed by atoms with E-state index in [1.165, 1.54) is 30.7 Å². The molecule has 1 fully saturated rings. The first-order valence-corrected chi connectivity index (χ1v) is 9.93. The van der Waals surface area contributed by atoms with E-state index in [-0.39, 0.29) is 5.54 Å². The molecule has 0 radical (unpaired) electrons. The van der Waals surface area contributed by atoms with Gasteiger partial charge in [-0.15, -0.1) is 0 Å². The average molecular weight is 376 g/mol. The summed E-state index contributed by atoms with van der Waals surface area (Å²) in [4.78, 5) is 21.1. The Bertz CT molecular complexity index is 823. The van der Waals surface area contributed by atoms with Gasteiger partial charge in [0.05, 0.1) is 25.4 Å². The molecule has 9 heteroatoms. The fourth-order valence-electron chi connectivity index (χ4n) is 3.74. The summed E-state index contributed by atoms with van der Waals surface area (Å²) in [6.45, 7) is 8.74. The first-order valence-electron chi connectivity index (χ1n) is 9.11. The lowest BCUT2D eigenvalue weighted by Gasteiger charge is -2.45. The van der Waals surface area contributed by atoms with E-state index in [2.05, 4.69) is 44.3 Å². The number of rotatable bonds is 4. The van der Waals surface area contributed by atoms with Gasteiger partial charge in [0.15, 0.2) is 15.9 Å². The monoisotopic (exact) mass is 375 g/mol. The van der Waals surface area contributed by atoms with Gasteiger partial charge >= 0.3 is 6.01 Å². The van der Waals surface area contributed by atoms with Gasteiger partial charge in [-0.1, -0.05) is 25.2 Å². The van der Waals surface area contributed by atoms with E-state index in [0.717, 1.165) is 41.1 Å². The summed E-state index contributed by atoms with van der Waals surface area (Å²) < 4.78 is 5.08. The van der Waals surface area contributed by atoms with Gasteiger partial charge in [0.1, 0.15) is 5.52 Å². The molecule has 0 aromatic carbocycles. The molecule has 0 bridgehead atoms. The average Bonchev–Trinajstić information content (AvgIpc) is 3.22. The van der Waals surface area contributed by atoms with Gasteiger partial charge in [0, 0.05) is 6.54 Å². The molecule has 8 nitrogen and oxygen atoms in total. The van der Waals surface area contributed by atoms with Gasteiger partial charge in [-0.25, -0.2) is 9.97 Å². The number of anilines is 1. The first-order chi connectivity index (χ1) is 12.6. The second kappa shape index (κ2) is 6.96. The number of fused-ring (bicyclic) bond motifs is 1. The smallest absolute Gasteiger partial charge is 0.317 e. The highest BCUT2D eigenvalue weighted by Crippen LogP contribution is 2.31. The number of hydrogen-bond acceptors (Lipinski definition) is 9. The maximum absolute atomic E-state index is 5.08. The van der Waals surface area contributed by atoms with Crippen LogP contribution in [0.2, 0.25) is 0 Å². The van der Waals surface area contributed by atoms with Gasteiger partial charge in [-0.2, -0.15) is 4.98 Å². The predicted octanol–water partition coefficient (Wildman–Crippen LogP) is 1.96. The third kappa shape index (κ3) is 3.21. The van der Waals surface area contributed by atoms with Crippen molar-refractivity contribution in [2.24, 2.45) is 10.9 Å². The molecule has 4 heterocycles. The Balaban J connectivity index is 1.46. The molecule has 2 aromatic heterocycles. The van der Waals surface area contributed by atoms with E-state index in [0.29, 0.717) is 11.9 Å². The number of methoxy groups -OCH3 is 1. The van der Waals surface area contributed by atoms with Crippen LogP contribution >= 0.6 is 11.3 Å². The number of aliphatic imine (C=N–C) groups is 1. The SMILES string of the molecule is CCCN1CCC(C)C2(CN=C(Nc3nc4cnc(OC)nc4s3)N2)C1. The van der Waals surface area contributed by atoms with Crippen molar-refractivity contribution in [3.8, 4) is 6.01 Å². The van der Waals surface area contributed by atoms with Crippen LogP contribution in [0.1, 0.15) is 26.7 Å². The summed E-state index contributed by atoms with van der Waals surface area (Å²) >= 11 is 1.47. The Kier molecular flexibility index (Phi) is 4.66. The van der Waals surface area contributed by atoms with E-state index in [1.54, 1.807) is 13.3 Å². The van der Waals surface area contributed by atoms with Crippen molar-refractivity contribution in [1.29, 1.82) is 0 Å². The molecule has 0 amide bonds. The molecule has 2 N–H and O–H groups in total. The third-order valence-corrected chi connectivity index (χ3v) is 6.17. The molecule has 0 aliphatic carbocycles. The zero-order valence-corrected chi connectivity index (χ0v) is 16.3. The van der Waals surface area contributed by atoms with E-state index in [4.69, 9.17) is 9.73 Å². The summed E-state index contributed by atoms with van der Waals surface area (Å²) in [5.74, 6) is 1.39. The van der Waals surface area contributed by atoms with Crippen LogP contribution in [0.4, 0.5) is 5.13 Å². The van der Waals surface area contributed by atoms with Crippen LogP contribution in [0.25, 0.3) is 10.3 Å². The van der Waals surface area contributed by atoms with E-state index >= 15 is 0 Å². The summed E-state index contributed by atoms with van der Waals surface area (Å²) in [5.41, 5.74) is 0.780. The number of nitrogens with one attached hydrogen (secondary N) is 2. The predicted molar refractivity (Wildman–Crippen MR) is 104 cm³/mol. The quantitative estimate of drug-likeness (QED) is 0.844. The van der Waals surface area contributed by atoms with Crippen LogP contribution in [-0.2, 0) is 0 Å².